The minimum atomic E-state index is 0.365. The zero-order valence-electron chi connectivity index (χ0n) is 27.1. The molecule has 40 heavy (non-hydrogen) atoms. The fourth-order valence-corrected chi connectivity index (χ4v) is 6.11. The molecule has 0 radical (unpaired) electrons. The summed E-state index contributed by atoms with van der Waals surface area (Å²) in [4.78, 5) is 2.81. The lowest BCUT2D eigenvalue weighted by Crippen LogP contribution is -2.31. The quantitative estimate of drug-likeness (QED) is 0.112. The zero-order chi connectivity index (χ0) is 28.7. The maximum absolute atomic E-state index is 2.81. The molecule has 0 aliphatic heterocycles. The number of nitrogens with zero attached hydrogens (tertiary/aromatic N) is 1. The first-order chi connectivity index (χ1) is 19.6. The molecule has 1 nitrogen and oxygen atoms in total. The van der Waals surface area contributed by atoms with Crippen LogP contribution in [0.1, 0.15) is 160 Å². The molecule has 0 aliphatic carbocycles. The Balaban J connectivity index is 1.81. The highest BCUT2D eigenvalue weighted by Gasteiger charge is 2.21. The van der Waals surface area contributed by atoms with Gasteiger partial charge in [0.15, 0.2) is 0 Å². The highest BCUT2D eigenvalue weighted by Crippen LogP contribution is 2.30. The van der Waals surface area contributed by atoms with Crippen molar-refractivity contribution in [3.05, 3.63) is 71.8 Å². The Morgan fingerprint density at radius 1 is 0.400 bits per heavy atom. The highest BCUT2D eigenvalue weighted by molar-refractivity contribution is 5.31. The van der Waals surface area contributed by atoms with Gasteiger partial charge in [-0.3, -0.25) is 4.90 Å². The van der Waals surface area contributed by atoms with Crippen molar-refractivity contribution >= 4 is 0 Å². The summed E-state index contributed by atoms with van der Waals surface area (Å²) in [6, 6.07) is 22.9. The standard InChI is InChI=1S/C39H65N/c1-35(2)27-19-13-9-5-7-11-15-25-33-40(34-26-16-12-8-6-10-14-20-28-36(3)4)39(37-29-21-17-22-30-37)38-31-23-18-24-32-38/h17-18,21-24,29-32,35-36,39H,5-16,19-20,25-28,33-34H2,1-4H3. The van der Waals surface area contributed by atoms with Gasteiger partial charge in [0.25, 0.3) is 0 Å². The van der Waals surface area contributed by atoms with Gasteiger partial charge in [-0.15, -0.1) is 0 Å². The summed E-state index contributed by atoms with van der Waals surface area (Å²) in [5.41, 5.74) is 2.88. The molecule has 0 aliphatic rings. The van der Waals surface area contributed by atoms with Crippen LogP contribution in [0.2, 0.25) is 0 Å². The molecule has 2 rings (SSSR count). The summed E-state index contributed by atoms with van der Waals surface area (Å²) in [6.07, 6.45) is 25.2. The monoisotopic (exact) mass is 548 g/mol. The van der Waals surface area contributed by atoms with Crippen LogP contribution in [0.3, 0.4) is 0 Å². The predicted molar refractivity (Wildman–Crippen MR) is 179 cm³/mol. The Labute approximate surface area is 250 Å². The summed E-state index contributed by atoms with van der Waals surface area (Å²) in [5, 5.41) is 0. The molecule has 0 N–H and O–H groups in total. The summed E-state index contributed by atoms with van der Waals surface area (Å²) in [7, 11) is 0. The molecule has 0 atom stereocenters. The molecule has 2 aromatic carbocycles. The third kappa shape index (κ3) is 16.6. The van der Waals surface area contributed by atoms with Crippen LogP contribution >= 0.6 is 0 Å². The maximum Gasteiger partial charge on any atom is 0.0601 e. The van der Waals surface area contributed by atoms with E-state index in [0.717, 1.165) is 11.8 Å². The average molecular weight is 548 g/mol. The molecule has 2 aromatic rings. The van der Waals surface area contributed by atoms with Gasteiger partial charge in [0.2, 0.25) is 0 Å². The number of hydrogen-bond acceptors (Lipinski definition) is 1. The second-order valence-corrected chi connectivity index (χ2v) is 13.3. The van der Waals surface area contributed by atoms with Crippen LogP contribution in [0.4, 0.5) is 0 Å². The fraction of sp³-hybridized carbons (Fsp3) is 0.692. The van der Waals surface area contributed by atoms with Crippen LogP contribution in [0.5, 0.6) is 0 Å². The van der Waals surface area contributed by atoms with Gasteiger partial charge in [0.1, 0.15) is 0 Å². The van der Waals surface area contributed by atoms with E-state index in [0.29, 0.717) is 6.04 Å². The van der Waals surface area contributed by atoms with Crippen molar-refractivity contribution < 1.29 is 0 Å². The van der Waals surface area contributed by atoms with Crippen LogP contribution in [-0.4, -0.2) is 18.0 Å². The molecule has 0 aromatic heterocycles. The normalized spacial score (nSPS) is 11.9. The molecule has 0 saturated heterocycles. The lowest BCUT2D eigenvalue weighted by molar-refractivity contribution is 0.214. The second kappa shape index (κ2) is 23.0. The Morgan fingerprint density at radius 3 is 1.02 bits per heavy atom. The number of unbranched alkanes of at least 4 members (excludes halogenated alkanes) is 14. The maximum atomic E-state index is 2.81. The molecule has 1 heteroatoms. The van der Waals surface area contributed by atoms with Crippen LogP contribution in [0.25, 0.3) is 0 Å². The predicted octanol–water partition coefficient (Wildman–Crippen LogP) is 12.4. The number of benzene rings is 2. The van der Waals surface area contributed by atoms with E-state index in [1.165, 1.54) is 140 Å². The van der Waals surface area contributed by atoms with Gasteiger partial charge in [-0.05, 0) is 48.9 Å². The summed E-state index contributed by atoms with van der Waals surface area (Å²) in [6.45, 7) is 11.8. The second-order valence-electron chi connectivity index (χ2n) is 13.3. The van der Waals surface area contributed by atoms with E-state index in [-0.39, 0.29) is 0 Å². The molecule has 226 valence electrons. The Morgan fingerprint density at radius 2 is 0.700 bits per heavy atom. The lowest BCUT2D eigenvalue weighted by Gasteiger charge is -2.33. The number of hydrogen-bond donors (Lipinski definition) is 0. The number of rotatable bonds is 25. The molecule has 0 unspecified atom stereocenters. The van der Waals surface area contributed by atoms with E-state index in [2.05, 4.69) is 93.3 Å². The average Bonchev–Trinajstić information content (AvgIpc) is 2.95. The van der Waals surface area contributed by atoms with Gasteiger partial charge < -0.3 is 0 Å². The highest BCUT2D eigenvalue weighted by atomic mass is 15.2. The molecular weight excluding hydrogens is 482 g/mol. The van der Waals surface area contributed by atoms with Crippen molar-refractivity contribution in [2.24, 2.45) is 11.8 Å². The molecule has 0 fully saturated rings. The van der Waals surface area contributed by atoms with E-state index in [9.17, 15) is 0 Å². The van der Waals surface area contributed by atoms with E-state index in [1.807, 2.05) is 0 Å². The van der Waals surface area contributed by atoms with Gasteiger partial charge >= 0.3 is 0 Å². The third-order valence-corrected chi connectivity index (χ3v) is 8.55. The topological polar surface area (TPSA) is 3.24 Å². The molecule has 0 heterocycles. The van der Waals surface area contributed by atoms with Crippen molar-refractivity contribution in [3.63, 3.8) is 0 Å². The SMILES string of the molecule is CC(C)CCCCCCCCCCN(CCCCCCCCCCC(C)C)C(c1ccccc1)c1ccccc1. The summed E-state index contributed by atoms with van der Waals surface area (Å²) >= 11 is 0. The van der Waals surface area contributed by atoms with Crippen molar-refractivity contribution in [3.8, 4) is 0 Å². The van der Waals surface area contributed by atoms with Gasteiger partial charge in [0, 0.05) is 0 Å². The minimum Gasteiger partial charge on any atom is -0.292 e. The van der Waals surface area contributed by atoms with Gasteiger partial charge in [-0.2, -0.15) is 0 Å². The molecule has 0 bridgehead atoms. The van der Waals surface area contributed by atoms with Crippen LogP contribution in [0.15, 0.2) is 60.7 Å². The van der Waals surface area contributed by atoms with E-state index < -0.39 is 0 Å². The van der Waals surface area contributed by atoms with E-state index >= 15 is 0 Å². The van der Waals surface area contributed by atoms with Crippen molar-refractivity contribution in [1.82, 2.24) is 4.90 Å². The first kappa shape index (κ1) is 34.6. The Kier molecular flexibility index (Phi) is 19.9. The smallest absolute Gasteiger partial charge is 0.0601 e. The first-order valence-corrected chi connectivity index (χ1v) is 17.4. The van der Waals surface area contributed by atoms with Crippen molar-refractivity contribution in [2.75, 3.05) is 13.1 Å². The van der Waals surface area contributed by atoms with Gasteiger partial charge in [0.05, 0.1) is 6.04 Å². The van der Waals surface area contributed by atoms with Crippen LogP contribution in [-0.2, 0) is 0 Å². The van der Waals surface area contributed by atoms with Crippen LogP contribution in [0, 0.1) is 11.8 Å². The Hall–Kier alpha value is -1.60. The van der Waals surface area contributed by atoms with Gasteiger partial charge in [-0.1, -0.05) is 191 Å². The van der Waals surface area contributed by atoms with Crippen molar-refractivity contribution in [2.45, 2.75) is 149 Å². The van der Waals surface area contributed by atoms with E-state index in [1.54, 1.807) is 0 Å². The minimum absolute atomic E-state index is 0.365. The fourth-order valence-electron chi connectivity index (χ4n) is 6.11. The summed E-state index contributed by atoms with van der Waals surface area (Å²) < 4.78 is 0. The van der Waals surface area contributed by atoms with Gasteiger partial charge in [-0.25, -0.2) is 0 Å². The van der Waals surface area contributed by atoms with Crippen LogP contribution < -0.4 is 0 Å². The molecule has 0 spiro atoms. The first-order valence-electron chi connectivity index (χ1n) is 17.4. The Bertz CT molecular complexity index is 729. The largest absolute Gasteiger partial charge is 0.292 e. The lowest BCUT2D eigenvalue weighted by atomic mass is 9.96. The molecular formula is C39H65N. The molecule has 0 amide bonds. The molecule has 0 saturated carbocycles. The van der Waals surface area contributed by atoms with Crippen molar-refractivity contribution in [1.29, 1.82) is 0 Å². The summed E-state index contributed by atoms with van der Waals surface area (Å²) in [5.74, 6) is 1.73. The van der Waals surface area contributed by atoms with E-state index in [4.69, 9.17) is 0 Å². The third-order valence-electron chi connectivity index (χ3n) is 8.55. The zero-order valence-corrected chi connectivity index (χ0v) is 27.1.